The first-order chi connectivity index (χ1) is 13.6. The lowest BCUT2D eigenvalue weighted by molar-refractivity contribution is 0.797. The molecule has 28 heavy (non-hydrogen) atoms. The first kappa shape index (κ1) is 16.2. The normalized spacial score (nSPS) is 11.4. The molecule has 0 aliphatic rings. The first-order valence-corrected chi connectivity index (χ1v) is 8.81. The van der Waals surface area contributed by atoms with Gasteiger partial charge in [-0.1, -0.05) is 0 Å². The van der Waals surface area contributed by atoms with Gasteiger partial charge in [-0.3, -0.25) is 19.6 Å². The van der Waals surface area contributed by atoms with Gasteiger partial charge in [-0.2, -0.15) is 10.2 Å². The number of nitrogens with one attached hydrogen (secondary N) is 2. The Balaban J connectivity index is 1.60. The zero-order valence-electron chi connectivity index (χ0n) is 15.3. The van der Waals surface area contributed by atoms with E-state index in [4.69, 9.17) is 0 Å². The van der Waals surface area contributed by atoms with E-state index in [-0.39, 0.29) is 5.56 Å². The van der Waals surface area contributed by atoms with Crippen molar-refractivity contribution in [3.05, 3.63) is 65.2 Å². The van der Waals surface area contributed by atoms with E-state index in [0.717, 1.165) is 27.6 Å². The Morgan fingerprint density at radius 1 is 1.11 bits per heavy atom. The van der Waals surface area contributed by atoms with Gasteiger partial charge in [0.05, 0.1) is 16.6 Å². The molecule has 0 aliphatic carbocycles. The van der Waals surface area contributed by atoms with Crippen molar-refractivity contribution in [3.63, 3.8) is 0 Å². The number of anilines is 2. The topological polar surface area (TPSA) is 93.4 Å². The predicted molar refractivity (Wildman–Crippen MR) is 109 cm³/mol. The van der Waals surface area contributed by atoms with Gasteiger partial charge in [0, 0.05) is 37.6 Å². The molecule has 5 rings (SSSR count). The van der Waals surface area contributed by atoms with Gasteiger partial charge in [-0.15, -0.1) is 0 Å². The van der Waals surface area contributed by atoms with Gasteiger partial charge in [0.2, 0.25) is 0 Å². The lowest BCUT2D eigenvalue weighted by atomic mass is 10.1. The van der Waals surface area contributed by atoms with Crippen LogP contribution in [0.1, 0.15) is 0 Å². The molecule has 0 bridgehead atoms. The van der Waals surface area contributed by atoms with Crippen LogP contribution in [0.5, 0.6) is 0 Å². The molecule has 138 valence electrons. The van der Waals surface area contributed by atoms with Crippen molar-refractivity contribution in [1.82, 2.24) is 29.5 Å². The average Bonchev–Trinajstić information content (AvgIpc) is 3.26. The molecule has 0 amide bonds. The Kier molecular flexibility index (Phi) is 3.51. The minimum atomic E-state index is -0.0706. The van der Waals surface area contributed by atoms with Crippen molar-refractivity contribution in [2.45, 2.75) is 0 Å². The lowest BCUT2D eigenvalue weighted by Gasteiger charge is -2.04. The monoisotopic (exact) mass is 371 g/mol. The zero-order valence-corrected chi connectivity index (χ0v) is 15.3. The lowest BCUT2D eigenvalue weighted by Crippen LogP contribution is -2.17. The van der Waals surface area contributed by atoms with Crippen LogP contribution < -0.4 is 10.9 Å². The minimum Gasteiger partial charge on any atom is -0.337 e. The van der Waals surface area contributed by atoms with Crippen LogP contribution in [0.4, 0.5) is 11.5 Å². The Hall–Kier alpha value is -3.94. The molecular formula is C20H17N7O. The summed E-state index contributed by atoms with van der Waals surface area (Å²) >= 11 is 0. The molecule has 0 radical (unpaired) electrons. The van der Waals surface area contributed by atoms with Crippen LogP contribution >= 0.6 is 0 Å². The fraction of sp³-hybridized carbons (Fsp3) is 0.100. The van der Waals surface area contributed by atoms with Crippen molar-refractivity contribution in [3.8, 4) is 11.3 Å². The summed E-state index contributed by atoms with van der Waals surface area (Å²) in [6.07, 6.45) is 3.47. The summed E-state index contributed by atoms with van der Waals surface area (Å²) in [6, 6.07) is 13.3. The smallest absolute Gasteiger partial charge is 0.259 e. The van der Waals surface area contributed by atoms with Crippen LogP contribution in [0.25, 0.3) is 33.2 Å². The van der Waals surface area contributed by atoms with Crippen molar-refractivity contribution >= 4 is 33.4 Å². The Morgan fingerprint density at radius 2 is 2.00 bits per heavy atom. The molecule has 0 aliphatic heterocycles. The predicted octanol–water partition coefficient (Wildman–Crippen LogP) is 2.95. The molecule has 5 aromatic rings. The van der Waals surface area contributed by atoms with Crippen molar-refractivity contribution in [2.75, 3.05) is 5.32 Å². The standard InChI is InChI=1S/C20H17N7O/c1-26-10-4-5-14(20(26)28)17-13-8-7-12(11-16(13)27(2)25-17)22-19-18-15(23-24-19)6-3-9-21-18/h3-11H,1-2H3,(H2,22,23,24). The summed E-state index contributed by atoms with van der Waals surface area (Å²) < 4.78 is 3.34. The molecular weight excluding hydrogens is 354 g/mol. The van der Waals surface area contributed by atoms with Crippen molar-refractivity contribution in [1.29, 1.82) is 0 Å². The number of benzene rings is 1. The van der Waals surface area contributed by atoms with E-state index in [2.05, 4.69) is 25.6 Å². The van der Waals surface area contributed by atoms with Gasteiger partial charge in [0.1, 0.15) is 11.2 Å². The highest BCUT2D eigenvalue weighted by Gasteiger charge is 2.15. The third kappa shape index (κ3) is 2.46. The number of aryl methyl sites for hydroxylation is 2. The van der Waals surface area contributed by atoms with Gasteiger partial charge < -0.3 is 9.88 Å². The third-order valence-corrected chi connectivity index (χ3v) is 4.81. The number of fused-ring (bicyclic) bond motifs is 2. The molecule has 0 spiro atoms. The van der Waals surface area contributed by atoms with Gasteiger partial charge in [-0.25, -0.2) is 0 Å². The summed E-state index contributed by atoms with van der Waals surface area (Å²) in [6.45, 7) is 0. The summed E-state index contributed by atoms with van der Waals surface area (Å²) in [4.78, 5) is 16.9. The zero-order chi connectivity index (χ0) is 19.3. The number of aromatic amines is 1. The second-order valence-electron chi connectivity index (χ2n) is 6.64. The Labute approximate surface area is 159 Å². The average molecular weight is 371 g/mol. The summed E-state index contributed by atoms with van der Waals surface area (Å²) in [7, 11) is 3.61. The number of nitrogens with zero attached hydrogens (tertiary/aromatic N) is 5. The van der Waals surface area contributed by atoms with E-state index in [1.54, 1.807) is 34.8 Å². The number of rotatable bonds is 3. The molecule has 1 aromatic carbocycles. The van der Waals surface area contributed by atoms with Crippen molar-refractivity contribution < 1.29 is 0 Å². The molecule has 0 fully saturated rings. The van der Waals surface area contributed by atoms with Gasteiger partial charge in [0.15, 0.2) is 5.82 Å². The summed E-state index contributed by atoms with van der Waals surface area (Å²) in [5.74, 6) is 0.661. The summed E-state index contributed by atoms with van der Waals surface area (Å²) in [5, 5.41) is 16.1. The highest BCUT2D eigenvalue weighted by Crippen LogP contribution is 2.29. The fourth-order valence-electron chi connectivity index (χ4n) is 3.39. The number of aromatic nitrogens is 6. The maximum atomic E-state index is 12.5. The van der Waals surface area contributed by atoms with E-state index < -0.39 is 0 Å². The van der Waals surface area contributed by atoms with E-state index >= 15 is 0 Å². The molecule has 8 heteroatoms. The SMILES string of the molecule is Cn1cccc(-c2nn(C)c3cc(Nc4n[nH]c5cccnc45)ccc23)c1=O. The maximum Gasteiger partial charge on any atom is 0.259 e. The molecule has 0 saturated heterocycles. The van der Waals surface area contributed by atoms with Crippen LogP contribution in [-0.2, 0) is 14.1 Å². The summed E-state index contributed by atoms with van der Waals surface area (Å²) in [5.41, 5.74) is 4.62. The van der Waals surface area contributed by atoms with Crippen LogP contribution in [-0.4, -0.2) is 29.5 Å². The maximum absolute atomic E-state index is 12.5. The number of H-pyrrole nitrogens is 1. The highest BCUT2D eigenvalue weighted by molar-refractivity contribution is 5.96. The molecule has 4 aromatic heterocycles. The van der Waals surface area contributed by atoms with E-state index in [0.29, 0.717) is 17.1 Å². The highest BCUT2D eigenvalue weighted by atomic mass is 16.1. The molecule has 8 nitrogen and oxygen atoms in total. The number of pyridine rings is 2. The Bertz CT molecular complexity index is 1390. The van der Waals surface area contributed by atoms with Crippen LogP contribution in [0.15, 0.2) is 59.7 Å². The minimum absolute atomic E-state index is 0.0706. The van der Waals surface area contributed by atoms with Crippen LogP contribution in [0, 0.1) is 0 Å². The molecule has 0 atom stereocenters. The van der Waals surface area contributed by atoms with Crippen LogP contribution in [0.3, 0.4) is 0 Å². The van der Waals surface area contributed by atoms with E-state index in [9.17, 15) is 4.79 Å². The molecule has 4 heterocycles. The van der Waals surface area contributed by atoms with Gasteiger partial charge in [-0.05, 0) is 42.5 Å². The third-order valence-electron chi connectivity index (χ3n) is 4.81. The Morgan fingerprint density at radius 3 is 2.89 bits per heavy atom. The second kappa shape index (κ2) is 6.05. The fourth-order valence-corrected chi connectivity index (χ4v) is 3.39. The first-order valence-electron chi connectivity index (χ1n) is 8.81. The van der Waals surface area contributed by atoms with Gasteiger partial charge in [0.25, 0.3) is 5.56 Å². The number of hydrogen-bond donors (Lipinski definition) is 2. The van der Waals surface area contributed by atoms with E-state index in [1.807, 2.05) is 43.4 Å². The molecule has 0 unspecified atom stereocenters. The van der Waals surface area contributed by atoms with Crippen LogP contribution in [0.2, 0.25) is 0 Å². The van der Waals surface area contributed by atoms with Crippen molar-refractivity contribution in [2.24, 2.45) is 14.1 Å². The second-order valence-corrected chi connectivity index (χ2v) is 6.64. The number of hydrogen-bond acceptors (Lipinski definition) is 5. The molecule has 0 saturated carbocycles. The molecule has 2 N–H and O–H groups in total. The van der Waals surface area contributed by atoms with E-state index in [1.165, 1.54) is 0 Å². The van der Waals surface area contributed by atoms with Gasteiger partial charge >= 0.3 is 0 Å². The quantitative estimate of drug-likeness (QED) is 0.509. The largest absolute Gasteiger partial charge is 0.337 e.